The standard InChI is InChI=1S/C18H17NO/c1-19-10-9-12-5-4-8-15-13-6-2-3-7-14(13)16(11-20)18(19)17(12)15/h2-8,11,16,18H,9-10H2,1H3. The van der Waals surface area contributed by atoms with Crippen LogP contribution in [0.5, 0.6) is 0 Å². The molecular weight excluding hydrogens is 246 g/mol. The minimum atomic E-state index is -0.0508. The molecule has 100 valence electrons. The molecule has 0 saturated carbocycles. The monoisotopic (exact) mass is 263 g/mol. The number of fused-ring (bicyclic) bond motifs is 2. The molecular formula is C18H17NO. The zero-order valence-electron chi connectivity index (χ0n) is 11.5. The molecule has 1 aliphatic heterocycles. The molecule has 1 aliphatic carbocycles. The van der Waals surface area contributed by atoms with Gasteiger partial charge < -0.3 is 4.79 Å². The first kappa shape index (κ1) is 11.9. The number of likely N-dealkylation sites (N-methyl/N-ethyl adjacent to an activating group) is 1. The van der Waals surface area contributed by atoms with Gasteiger partial charge in [-0.1, -0.05) is 42.5 Å². The summed E-state index contributed by atoms with van der Waals surface area (Å²) < 4.78 is 0. The topological polar surface area (TPSA) is 20.3 Å². The zero-order chi connectivity index (χ0) is 13.7. The largest absolute Gasteiger partial charge is 0.303 e. The average molecular weight is 263 g/mol. The van der Waals surface area contributed by atoms with Crippen LogP contribution in [0.25, 0.3) is 11.1 Å². The van der Waals surface area contributed by atoms with Gasteiger partial charge in [-0.05, 0) is 41.3 Å². The van der Waals surface area contributed by atoms with Crippen molar-refractivity contribution in [2.24, 2.45) is 0 Å². The van der Waals surface area contributed by atoms with E-state index in [2.05, 4.69) is 48.3 Å². The molecule has 20 heavy (non-hydrogen) atoms. The van der Waals surface area contributed by atoms with Crippen molar-refractivity contribution >= 4 is 6.29 Å². The molecule has 0 saturated heterocycles. The van der Waals surface area contributed by atoms with Crippen molar-refractivity contribution in [1.29, 1.82) is 0 Å². The second-order valence-electron chi connectivity index (χ2n) is 5.80. The molecule has 2 aromatic rings. The van der Waals surface area contributed by atoms with Gasteiger partial charge in [0, 0.05) is 12.6 Å². The SMILES string of the molecule is CN1CCc2cccc3c2C1C(C=O)c1ccccc1-3. The van der Waals surface area contributed by atoms with Crippen molar-refractivity contribution in [2.75, 3.05) is 13.6 Å². The van der Waals surface area contributed by atoms with E-state index in [1.807, 2.05) is 6.07 Å². The van der Waals surface area contributed by atoms with Crippen LogP contribution in [-0.2, 0) is 11.2 Å². The molecule has 2 atom stereocenters. The lowest BCUT2D eigenvalue weighted by atomic mass is 9.72. The highest BCUT2D eigenvalue weighted by atomic mass is 16.1. The summed E-state index contributed by atoms with van der Waals surface area (Å²) >= 11 is 0. The number of nitrogens with zero attached hydrogens (tertiary/aromatic N) is 1. The Balaban J connectivity index is 2.07. The van der Waals surface area contributed by atoms with Crippen molar-refractivity contribution < 1.29 is 4.79 Å². The van der Waals surface area contributed by atoms with Crippen molar-refractivity contribution in [1.82, 2.24) is 4.90 Å². The Hall–Kier alpha value is -1.93. The number of benzene rings is 2. The lowest BCUT2D eigenvalue weighted by molar-refractivity contribution is -0.110. The molecule has 1 heterocycles. The molecule has 0 bridgehead atoms. The van der Waals surface area contributed by atoms with Gasteiger partial charge in [-0.25, -0.2) is 0 Å². The van der Waals surface area contributed by atoms with Gasteiger partial charge in [0.15, 0.2) is 0 Å². The summed E-state index contributed by atoms with van der Waals surface area (Å²) in [5, 5.41) is 0. The highest BCUT2D eigenvalue weighted by Gasteiger charge is 2.39. The van der Waals surface area contributed by atoms with E-state index in [1.54, 1.807) is 0 Å². The summed E-state index contributed by atoms with van der Waals surface area (Å²) in [7, 11) is 2.13. The van der Waals surface area contributed by atoms with Crippen LogP contribution in [0, 0.1) is 0 Å². The average Bonchev–Trinajstić information content (AvgIpc) is 2.50. The third kappa shape index (κ3) is 1.46. The first-order valence-electron chi connectivity index (χ1n) is 7.18. The maximum atomic E-state index is 11.8. The molecule has 2 aliphatic rings. The molecule has 2 heteroatoms. The van der Waals surface area contributed by atoms with Crippen molar-refractivity contribution in [2.45, 2.75) is 18.4 Å². The minimum Gasteiger partial charge on any atom is -0.303 e. The van der Waals surface area contributed by atoms with Crippen LogP contribution >= 0.6 is 0 Å². The van der Waals surface area contributed by atoms with Crippen LogP contribution < -0.4 is 0 Å². The van der Waals surface area contributed by atoms with E-state index in [0.717, 1.165) is 19.3 Å². The normalized spacial score (nSPS) is 23.9. The van der Waals surface area contributed by atoms with E-state index >= 15 is 0 Å². The number of hydrogen-bond donors (Lipinski definition) is 0. The highest BCUT2D eigenvalue weighted by molar-refractivity contribution is 5.82. The van der Waals surface area contributed by atoms with Gasteiger partial charge in [0.05, 0.1) is 5.92 Å². The van der Waals surface area contributed by atoms with E-state index in [1.165, 1.54) is 27.8 Å². The fraction of sp³-hybridized carbons (Fsp3) is 0.278. The predicted octanol–water partition coefficient (Wildman–Crippen LogP) is 3.18. The zero-order valence-corrected chi connectivity index (χ0v) is 11.5. The number of carbonyl (C=O) groups is 1. The highest BCUT2D eigenvalue weighted by Crippen LogP contribution is 2.49. The van der Waals surface area contributed by atoms with Crippen molar-refractivity contribution in [3.05, 3.63) is 59.2 Å². The first-order chi connectivity index (χ1) is 9.81. The maximum Gasteiger partial charge on any atom is 0.129 e. The van der Waals surface area contributed by atoms with E-state index < -0.39 is 0 Å². The lowest BCUT2D eigenvalue weighted by Gasteiger charge is -2.42. The van der Waals surface area contributed by atoms with Gasteiger partial charge >= 0.3 is 0 Å². The predicted molar refractivity (Wildman–Crippen MR) is 79.8 cm³/mol. The molecule has 0 aromatic heterocycles. The molecule has 0 spiro atoms. The number of aldehydes is 1. The summed E-state index contributed by atoms with van der Waals surface area (Å²) in [6, 6.07) is 15.1. The third-order valence-corrected chi connectivity index (χ3v) is 4.80. The molecule has 4 rings (SSSR count). The first-order valence-corrected chi connectivity index (χ1v) is 7.18. The van der Waals surface area contributed by atoms with E-state index in [9.17, 15) is 4.79 Å². The fourth-order valence-electron chi connectivity index (χ4n) is 3.88. The Morgan fingerprint density at radius 2 is 1.90 bits per heavy atom. The Labute approximate surface area is 119 Å². The fourth-order valence-corrected chi connectivity index (χ4v) is 3.88. The third-order valence-electron chi connectivity index (χ3n) is 4.80. The summed E-state index contributed by atoms with van der Waals surface area (Å²) in [6.45, 7) is 1.02. The van der Waals surface area contributed by atoms with Crippen LogP contribution in [0.1, 0.15) is 28.7 Å². The van der Waals surface area contributed by atoms with Gasteiger partial charge in [0.25, 0.3) is 0 Å². The van der Waals surface area contributed by atoms with Gasteiger partial charge in [0.2, 0.25) is 0 Å². The molecule has 2 aromatic carbocycles. The molecule has 2 nitrogen and oxygen atoms in total. The Bertz CT molecular complexity index is 692. The summed E-state index contributed by atoms with van der Waals surface area (Å²) in [5.74, 6) is -0.0508. The Kier molecular flexibility index (Phi) is 2.54. The second kappa shape index (κ2) is 4.29. The number of hydrogen-bond acceptors (Lipinski definition) is 2. The lowest BCUT2D eigenvalue weighted by Crippen LogP contribution is -2.38. The molecule has 0 fully saturated rings. The van der Waals surface area contributed by atoms with E-state index in [-0.39, 0.29) is 12.0 Å². The maximum absolute atomic E-state index is 11.8. The van der Waals surface area contributed by atoms with Crippen molar-refractivity contribution in [3.8, 4) is 11.1 Å². The Morgan fingerprint density at radius 3 is 2.75 bits per heavy atom. The smallest absolute Gasteiger partial charge is 0.129 e. The summed E-state index contributed by atoms with van der Waals surface area (Å²) in [5.41, 5.74) is 6.50. The summed E-state index contributed by atoms with van der Waals surface area (Å²) in [4.78, 5) is 14.1. The molecule has 0 radical (unpaired) electrons. The van der Waals surface area contributed by atoms with Crippen LogP contribution in [0.4, 0.5) is 0 Å². The van der Waals surface area contributed by atoms with Gasteiger partial charge in [-0.3, -0.25) is 4.90 Å². The van der Waals surface area contributed by atoms with Gasteiger partial charge in [0.1, 0.15) is 6.29 Å². The minimum absolute atomic E-state index is 0.0508. The van der Waals surface area contributed by atoms with Crippen molar-refractivity contribution in [3.63, 3.8) is 0 Å². The van der Waals surface area contributed by atoms with Gasteiger partial charge in [-0.2, -0.15) is 0 Å². The quantitative estimate of drug-likeness (QED) is 0.736. The molecule has 2 unspecified atom stereocenters. The summed E-state index contributed by atoms with van der Waals surface area (Å²) in [6.07, 6.45) is 2.20. The molecule has 0 N–H and O–H groups in total. The second-order valence-corrected chi connectivity index (χ2v) is 5.80. The van der Waals surface area contributed by atoms with E-state index in [4.69, 9.17) is 0 Å². The molecule has 0 amide bonds. The van der Waals surface area contributed by atoms with Crippen LogP contribution in [0.2, 0.25) is 0 Å². The van der Waals surface area contributed by atoms with Crippen LogP contribution in [0.3, 0.4) is 0 Å². The number of rotatable bonds is 1. The van der Waals surface area contributed by atoms with Gasteiger partial charge in [-0.15, -0.1) is 0 Å². The van der Waals surface area contributed by atoms with Crippen LogP contribution in [0.15, 0.2) is 42.5 Å². The van der Waals surface area contributed by atoms with E-state index in [0.29, 0.717) is 0 Å². The van der Waals surface area contributed by atoms with Crippen LogP contribution in [-0.4, -0.2) is 24.8 Å². The number of carbonyl (C=O) groups excluding carboxylic acids is 1. The Morgan fingerprint density at radius 1 is 1.10 bits per heavy atom.